The van der Waals surface area contributed by atoms with Crippen molar-refractivity contribution in [3.05, 3.63) is 12.2 Å². The monoisotopic (exact) mass is 487 g/mol. The fourth-order valence-electron chi connectivity index (χ4n) is 4.60. The van der Waals surface area contributed by atoms with Crippen molar-refractivity contribution < 1.29 is 29.3 Å². The number of anilines is 1. The van der Waals surface area contributed by atoms with Crippen LogP contribution in [0.5, 0.6) is 0 Å². The first-order valence-electron chi connectivity index (χ1n) is 11.4. The summed E-state index contributed by atoms with van der Waals surface area (Å²) in [6.07, 6.45) is -0.394. The van der Waals surface area contributed by atoms with Crippen LogP contribution in [0.1, 0.15) is 38.4 Å². The van der Waals surface area contributed by atoms with E-state index in [4.69, 9.17) is 20.9 Å². The van der Waals surface area contributed by atoms with Gasteiger partial charge < -0.3 is 36.1 Å². The quantitative estimate of drug-likeness (QED) is 0.401. The highest BCUT2D eigenvalue weighted by atomic mass is 16.6. The number of aliphatic hydroxyl groups is 2. The molecule has 0 aliphatic carbocycles. The van der Waals surface area contributed by atoms with Crippen molar-refractivity contribution in [2.75, 3.05) is 25.9 Å². The van der Waals surface area contributed by atoms with Crippen LogP contribution in [0, 0.1) is 17.8 Å². The number of hydrogen-bond donors (Lipinski definition) is 4. The molecule has 4 unspecified atom stereocenters. The topological polar surface area (TPSA) is 192 Å². The van der Waals surface area contributed by atoms with Gasteiger partial charge in [0.1, 0.15) is 24.1 Å². The summed E-state index contributed by atoms with van der Waals surface area (Å²) in [7, 11) is 1.36. The standard InChI is InChI=1S/C22H29N7O6/c1-3-13-16(30)17(31)22(35-13,20(24)32)29-11-25-15-18(23)26-14(27-19(15)29)6-4-5-12-7-9-28(10-8-12)21(33)34-2/h11-13,16-17,30-31H,3,5,7-10H2,1-2H3,(H2,24,32)(H2,23,26,27). The molecule has 4 heterocycles. The Morgan fingerprint density at radius 3 is 2.63 bits per heavy atom. The molecule has 0 aromatic carbocycles. The van der Waals surface area contributed by atoms with Gasteiger partial charge in [0.25, 0.3) is 11.6 Å². The maximum Gasteiger partial charge on any atom is 0.409 e. The van der Waals surface area contributed by atoms with E-state index in [2.05, 4.69) is 26.8 Å². The SMILES string of the molecule is CCC1OC(C(N)=O)(n2cnc3c(N)nc(C#CCC4CCN(C(=O)OC)CC4)nc32)C(O)C1O. The third kappa shape index (κ3) is 4.24. The van der Waals surface area contributed by atoms with E-state index in [1.807, 2.05) is 0 Å². The molecule has 2 fully saturated rings. The van der Waals surface area contributed by atoms with E-state index in [1.165, 1.54) is 18.0 Å². The Kier molecular flexibility index (Phi) is 6.79. The molecule has 0 bridgehead atoms. The third-order valence-corrected chi connectivity index (χ3v) is 6.61. The minimum Gasteiger partial charge on any atom is -0.453 e. The molecular formula is C22H29N7O6. The van der Waals surface area contributed by atoms with Crippen molar-refractivity contribution in [1.82, 2.24) is 24.4 Å². The number of fused-ring (bicyclic) bond motifs is 1. The van der Waals surface area contributed by atoms with Gasteiger partial charge in [0, 0.05) is 19.5 Å². The fraction of sp³-hybridized carbons (Fsp3) is 0.591. The Morgan fingerprint density at radius 1 is 1.31 bits per heavy atom. The molecule has 2 aromatic rings. The van der Waals surface area contributed by atoms with E-state index in [0.29, 0.717) is 31.8 Å². The van der Waals surface area contributed by atoms with Crippen LogP contribution in [-0.2, 0) is 20.0 Å². The van der Waals surface area contributed by atoms with Gasteiger partial charge >= 0.3 is 6.09 Å². The molecular weight excluding hydrogens is 458 g/mol. The number of nitrogen functional groups attached to an aromatic ring is 1. The van der Waals surface area contributed by atoms with Crippen LogP contribution in [0.15, 0.2) is 6.33 Å². The highest BCUT2D eigenvalue weighted by Crippen LogP contribution is 2.38. The molecule has 13 nitrogen and oxygen atoms in total. The first-order chi connectivity index (χ1) is 16.7. The van der Waals surface area contributed by atoms with E-state index in [-0.39, 0.29) is 28.9 Å². The number of likely N-dealkylation sites (tertiary alicyclic amines) is 1. The predicted molar refractivity (Wildman–Crippen MR) is 122 cm³/mol. The molecule has 0 radical (unpaired) electrons. The second kappa shape index (κ2) is 9.65. The zero-order valence-corrected chi connectivity index (χ0v) is 19.5. The van der Waals surface area contributed by atoms with Crippen molar-refractivity contribution in [3.8, 4) is 11.8 Å². The van der Waals surface area contributed by atoms with Gasteiger partial charge in [0.2, 0.25) is 5.82 Å². The molecule has 0 saturated carbocycles. The van der Waals surface area contributed by atoms with Gasteiger partial charge in [-0.3, -0.25) is 9.36 Å². The van der Waals surface area contributed by atoms with Crippen molar-refractivity contribution >= 4 is 29.0 Å². The molecule has 13 heteroatoms. The van der Waals surface area contributed by atoms with Crippen LogP contribution in [-0.4, -0.2) is 85.1 Å². The predicted octanol–water partition coefficient (Wildman–Crippen LogP) is -0.703. The van der Waals surface area contributed by atoms with Crippen molar-refractivity contribution in [2.45, 2.75) is 56.6 Å². The first kappa shape index (κ1) is 24.6. The molecule has 2 amide bonds. The maximum absolute atomic E-state index is 12.5. The van der Waals surface area contributed by atoms with Crippen LogP contribution in [0.25, 0.3) is 11.2 Å². The number of nitrogens with zero attached hydrogens (tertiary/aromatic N) is 5. The highest BCUT2D eigenvalue weighted by Gasteiger charge is 2.60. The number of primary amides is 1. The summed E-state index contributed by atoms with van der Waals surface area (Å²) in [6.45, 7) is 2.96. The second-order valence-corrected chi connectivity index (χ2v) is 8.69. The van der Waals surface area contributed by atoms with Gasteiger partial charge in [-0.1, -0.05) is 12.8 Å². The number of carbonyl (C=O) groups excluding carboxylic acids is 2. The van der Waals surface area contributed by atoms with Gasteiger partial charge in [-0.15, -0.1) is 0 Å². The lowest BCUT2D eigenvalue weighted by atomic mass is 9.94. The van der Waals surface area contributed by atoms with E-state index < -0.39 is 29.9 Å². The van der Waals surface area contributed by atoms with Crippen LogP contribution in [0.2, 0.25) is 0 Å². The minimum atomic E-state index is -2.12. The Bertz CT molecular complexity index is 1180. The van der Waals surface area contributed by atoms with E-state index in [1.54, 1.807) is 11.8 Å². The highest BCUT2D eigenvalue weighted by molar-refractivity contribution is 5.87. The number of nitrogens with two attached hydrogens (primary N) is 2. The molecule has 2 aliphatic heterocycles. The van der Waals surface area contributed by atoms with Crippen LogP contribution in [0.4, 0.5) is 10.6 Å². The summed E-state index contributed by atoms with van der Waals surface area (Å²) in [5.74, 6) is 5.38. The number of aliphatic hydroxyl groups excluding tert-OH is 2. The first-order valence-corrected chi connectivity index (χ1v) is 11.4. The van der Waals surface area contributed by atoms with Gasteiger partial charge in [-0.2, -0.15) is 0 Å². The van der Waals surface area contributed by atoms with Gasteiger partial charge in [0.05, 0.1) is 13.2 Å². The van der Waals surface area contributed by atoms with Crippen LogP contribution >= 0.6 is 0 Å². The number of piperidine rings is 1. The lowest BCUT2D eigenvalue weighted by Crippen LogP contribution is -2.54. The van der Waals surface area contributed by atoms with Gasteiger partial charge in [-0.05, 0) is 31.1 Å². The summed E-state index contributed by atoms with van der Waals surface area (Å²) in [5.41, 5.74) is 9.86. The minimum absolute atomic E-state index is 0.0316. The largest absolute Gasteiger partial charge is 0.453 e. The Labute approximate surface area is 201 Å². The number of carbonyl (C=O) groups is 2. The maximum atomic E-state index is 12.5. The lowest BCUT2D eigenvalue weighted by Gasteiger charge is -2.30. The molecule has 6 N–H and O–H groups in total. The van der Waals surface area contributed by atoms with E-state index in [9.17, 15) is 19.8 Å². The summed E-state index contributed by atoms with van der Waals surface area (Å²) in [6, 6.07) is 0. The van der Waals surface area contributed by atoms with Crippen LogP contribution < -0.4 is 11.5 Å². The summed E-state index contributed by atoms with van der Waals surface area (Å²) >= 11 is 0. The number of hydrogen-bond acceptors (Lipinski definition) is 10. The molecule has 35 heavy (non-hydrogen) atoms. The average molecular weight is 488 g/mol. The fourth-order valence-corrected chi connectivity index (χ4v) is 4.60. The molecule has 2 saturated heterocycles. The summed E-state index contributed by atoms with van der Waals surface area (Å²) in [5, 5.41) is 21.1. The van der Waals surface area contributed by atoms with Gasteiger partial charge in [0.15, 0.2) is 11.5 Å². The Morgan fingerprint density at radius 2 is 2.03 bits per heavy atom. The molecule has 2 aromatic heterocycles. The number of methoxy groups -OCH3 is 1. The molecule has 0 spiro atoms. The third-order valence-electron chi connectivity index (χ3n) is 6.61. The summed E-state index contributed by atoms with van der Waals surface area (Å²) < 4.78 is 11.7. The number of aromatic nitrogens is 4. The molecule has 188 valence electrons. The van der Waals surface area contributed by atoms with Crippen LogP contribution in [0.3, 0.4) is 0 Å². The molecule has 4 rings (SSSR count). The second-order valence-electron chi connectivity index (χ2n) is 8.69. The van der Waals surface area contributed by atoms with Crippen molar-refractivity contribution in [2.24, 2.45) is 11.7 Å². The molecule has 2 aliphatic rings. The number of rotatable bonds is 4. The number of imidazole rings is 1. The normalized spacial score (nSPS) is 27.0. The molecule has 4 atom stereocenters. The van der Waals surface area contributed by atoms with E-state index >= 15 is 0 Å². The number of amides is 2. The Hall–Kier alpha value is -3.47. The Balaban J connectivity index is 1.60. The van der Waals surface area contributed by atoms with Crippen molar-refractivity contribution in [1.29, 1.82) is 0 Å². The smallest absolute Gasteiger partial charge is 0.409 e. The van der Waals surface area contributed by atoms with Gasteiger partial charge in [-0.25, -0.2) is 19.7 Å². The summed E-state index contributed by atoms with van der Waals surface area (Å²) in [4.78, 5) is 38.6. The van der Waals surface area contributed by atoms with Crippen molar-refractivity contribution in [3.63, 3.8) is 0 Å². The zero-order valence-electron chi connectivity index (χ0n) is 19.5. The zero-order chi connectivity index (χ0) is 25.3. The average Bonchev–Trinajstić information content (AvgIpc) is 3.39. The number of ether oxygens (including phenoxy) is 2. The van der Waals surface area contributed by atoms with E-state index in [0.717, 1.165) is 12.8 Å². The lowest BCUT2D eigenvalue weighted by molar-refractivity contribution is -0.170.